The SMILES string of the molecule is CCC[C@@H](C)NC(=O)[C@@H](CC)Oc1ccc(F)cc1. The van der Waals surface area contributed by atoms with Crippen molar-refractivity contribution in [2.24, 2.45) is 0 Å². The van der Waals surface area contributed by atoms with Gasteiger partial charge in [-0.2, -0.15) is 0 Å². The van der Waals surface area contributed by atoms with Crippen LogP contribution in [0.4, 0.5) is 4.39 Å². The Bertz CT molecular complexity index is 392. The van der Waals surface area contributed by atoms with Crippen molar-refractivity contribution in [1.82, 2.24) is 5.32 Å². The number of carbonyl (C=O) groups is 1. The third-order valence-electron chi connectivity index (χ3n) is 2.87. The highest BCUT2D eigenvalue weighted by atomic mass is 19.1. The van der Waals surface area contributed by atoms with Crippen LogP contribution >= 0.6 is 0 Å². The fraction of sp³-hybridized carbons (Fsp3) is 0.533. The van der Waals surface area contributed by atoms with Gasteiger partial charge >= 0.3 is 0 Å². The normalized spacial score (nSPS) is 13.7. The fourth-order valence-electron chi connectivity index (χ4n) is 1.84. The minimum absolute atomic E-state index is 0.118. The smallest absolute Gasteiger partial charge is 0.261 e. The van der Waals surface area contributed by atoms with E-state index in [1.54, 1.807) is 0 Å². The molecule has 0 heterocycles. The van der Waals surface area contributed by atoms with E-state index in [1.807, 2.05) is 13.8 Å². The highest BCUT2D eigenvalue weighted by molar-refractivity contribution is 5.81. The molecule has 1 amide bonds. The minimum atomic E-state index is -0.537. The molecule has 0 spiro atoms. The van der Waals surface area contributed by atoms with Gasteiger partial charge in [0.1, 0.15) is 11.6 Å². The topological polar surface area (TPSA) is 38.3 Å². The van der Waals surface area contributed by atoms with Gasteiger partial charge in [-0.05, 0) is 44.0 Å². The van der Waals surface area contributed by atoms with Crippen LogP contribution in [-0.4, -0.2) is 18.1 Å². The summed E-state index contributed by atoms with van der Waals surface area (Å²) in [7, 11) is 0. The van der Waals surface area contributed by atoms with Crippen molar-refractivity contribution in [3.63, 3.8) is 0 Å². The van der Waals surface area contributed by atoms with E-state index < -0.39 is 6.10 Å². The summed E-state index contributed by atoms with van der Waals surface area (Å²) in [6.45, 7) is 5.94. The molecule has 1 rings (SSSR count). The Morgan fingerprint density at radius 1 is 1.32 bits per heavy atom. The molecule has 106 valence electrons. The standard InChI is InChI=1S/C15H22FNO2/c1-4-6-11(3)17-15(18)14(5-2)19-13-9-7-12(16)8-10-13/h7-11,14H,4-6H2,1-3H3,(H,17,18)/t11-,14-/m1/s1. The first-order chi connectivity index (χ1) is 9.06. The Labute approximate surface area is 114 Å². The van der Waals surface area contributed by atoms with E-state index in [2.05, 4.69) is 12.2 Å². The Morgan fingerprint density at radius 2 is 1.95 bits per heavy atom. The Morgan fingerprint density at radius 3 is 2.47 bits per heavy atom. The number of hydrogen-bond donors (Lipinski definition) is 1. The lowest BCUT2D eigenvalue weighted by atomic mass is 10.1. The zero-order valence-corrected chi connectivity index (χ0v) is 11.8. The van der Waals surface area contributed by atoms with Crippen molar-refractivity contribution < 1.29 is 13.9 Å². The molecule has 0 radical (unpaired) electrons. The van der Waals surface area contributed by atoms with Crippen LogP contribution in [0, 0.1) is 5.82 Å². The summed E-state index contributed by atoms with van der Waals surface area (Å²) in [5.74, 6) is 0.0701. The highest BCUT2D eigenvalue weighted by Crippen LogP contribution is 2.14. The van der Waals surface area contributed by atoms with Gasteiger partial charge in [0.2, 0.25) is 0 Å². The highest BCUT2D eigenvalue weighted by Gasteiger charge is 2.19. The average Bonchev–Trinajstić information content (AvgIpc) is 2.38. The molecule has 0 aromatic heterocycles. The summed E-state index contributed by atoms with van der Waals surface area (Å²) in [5, 5.41) is 2.93. The van der Waals surface area contributed by atoms with E-state index in [-0.39, 0.29) is 17.8 Å². The zero-order valence-electron chi connectivity index (χ0n) is 11.8. The van der Waals surface area contributed by atoms with E-state index >= 15 is 0 Å². The molecule has 0 bridgehead atoms. The lowest BCUT2D eigenvalue weighted by Crippen LogP contribution is -2.42. The van der Waals surface area contributed by atoms with Crippen molar-refractivity contribution in [3.8, 4) is 5.75 Å². The molecule has 0 unspecified atom stereocenters. The maximum absolute atomic E-state index is 12.8. The Kier molecular flexibility index (Phi) is 6.33. The molecular formula is C15H22FNO2. The monoisotopic (exact) mass is 267 g/mol. The number of hydrogen-bond acceptors (Lipinski definition) is 2. The van der Waals surface area contributed by atoms with Crippen LogP contribution in [0.1, 0.15) is 40.0 Å². The average molecular weight is 267 g/mol. The van der Waals surface area contributed by atoms with Crippen LogP contribution in [0.15, 0.2) is 24.3 Å². The molecule has 0 fully saturated rings. The van der Waals surface area contributed by atoms with Crippen LogP contribution in [0.5, 0.6) is 5.75 Å². The fourth-order valence-corrected chi connectivity index (χ4v) is 1.84. The van der Waals surface area contributed by atoms with Crippen LogP contribution in [0.3, 0.4) is 0 Å². The number of nitrogens with one attached hydrogen (secondary N) is 1. The van der Waals surface area contributed by atoms with E-state index in [1.165, 1.54) is 24.3 Å². The summed E-state index contributed by atoms with van der Waals surface area (Å²) in [4.78, 5) is 12.0. The van der Waals surface area contributed by atoms with Crippen molar-refractivity contribution in [3.05, 3.63) is 30.1 Å². The van der Waals surface area contributed by atoms with Crippen LogP contribution in [0.25, 0.3) is 0 Å². The summed E-state index contributed by atoms with van der Waals surface area (Å²) < 4.78 is 18.4. The molecule has 2 atom stereocenters. The molecule has 0 saturated heterocycles. The van der Waals surface area contributed by atoms with E-state index in [0.29, 0.717) is 12.2 Å². The van der Waals surface area contributed by atoms with Crippen molar-refractivity contribution in [1.29, 1.82) is 0 Å². The van der Waals surface area contributed by atoms with Gasteiger partial charge in [0.25, 0.3) is 5.91 Å². The number of amides is 1. The number of ether oxygens (including phenoxy) is 1. The quantitative estimate of drug-likeness (QED) is 0.823. The molecule has 19 heavy (non-hydrogen) atoms. The van der Waals surface area contributed by atoms with E-state index in [9.17, 15) is 9.18 Å². The van der Waals surface area contributed by atoms with Gasteiger partial charge in [0, 0.05) is 6.04 Å². The first kappa shape index (κ1) is 15.5. The lowest BCUT2D eigenvalue weighted by molar-refractivity contribution is -0.128. The molecular weight excluding hydrogens is 245 g/mol. The second-order valence-corrected chi connectivity index (χ2v) is 4.67. The predicted molar refractivity (Wildman–Crippen MR) is 73.6 cm³/mol. The number of carbonyl (C=O) groups excluding carboxylic acids is 1. The van der Waals surface area contributed by atoms with Crippen LogP contribution in [0.2, 0.25) is 0 Å². The molecule has 1 N–H and O–H groups in total. The molecule has 3 nitrogen and oxygen atoms in total. The maximum Gasteiger partial charge on any atom is 0.261 e. The van der Waals surface area contributed by atoms with Gasteiger partial charge in [0.05, 0.1) is 0 Å². The molecule has 1 aromatic rings. The third kappa shape index (κ3) is 5.28. The predicted octanol–water partition coefficient (Wildman–Crippen LogP) is 3.29. The number of halogens is 1. The lowest BCUT2D eigenvalue weighted by Gasteiger charge is -2.20. The van der Waals surface area contributed by atoms with Crippen LogP contribution in [-0.2, 0) is 4.79 Å². The van der Waals surface area contributed by atoms with Gasteiger partial charge in [-0.15, -0.1) is 0 Å². The van der Waals surface area contributed by atoms with Gasteiger partial charge in [-0.1, -0.05) is 20.3 Å². The van der Waals surface area contributed by atoms with Crippen molar-refractivity contribution in [2.45, 2.75) is 52.2 Å². The largest absolute Gasteiger partial charge is 0.481 e. The van der Waals surface area contributed by atoms with E-state index in [0.717, 1.165) is 12.8 Å². The maximum atomic E-state index is 12.8. The molecule has 0 aliphatic heterocycles. The molecule has 0 aliphatic rings. The van der Waals surface area contributed by atoms with Crippen LogP contribution < -0.4 is 10.1 Å². The first-order valence-corrected chi connectivity index (χ1v) is 6.79. The number of rotatable bonds is 7. The third-order valence-corrected chi connectivity index (χ3v) is 2.87. The van der Waals surface area contributed by atoms with Gasteiger partial charge < -0.3 is 10.1 Å². The van der Waals surface area contributed by atoms with Gasteiger partial charge in [0.15, 0.2) is 6.10 Å². The first-order valence-electron chi connectivity index (χ1n) is 6.79. The summed E-state index contributed by atoms with van der Waals surface area (Å²) >= 11 is 0. The summed E-state index contributed by atoms with van der Waals surface area (Å²) in [5.41, 5.74) is 0. The zero-order chi connectivity index (χ0) is 14.3. The van der Waals surface area contributed by atoms with Gasteiger partial charge in [-0.3, -0.25) is 4.79 Å². The molecule has 4 heteroatoms. The van der Waals surface area contributed by atoms with Gasteiger partial charge in [-0.25, -0.2) is 4.39 Å². The molecule has 0 aliphatic carbocycles. The summed E-state index contributed by atoms with van der Waals surface area (Å²) in [6.07, 6.45) is 2.00. The molecule has 1 aromatic carbocycles. The second kappa shape index (κ2) is 7.77. The Hall–Kier alpha value is -1.58. The number of benzene rings is 1. The summed E-state index contributed by atoms with van der Waals surface area (Å²) in [6, 6.07) is 5.84. The van der Waals surface area contributed by atoms with E-state index in [4.69, 9.17) is 4.74 Å². The molecule has 0 saturated carbocycles. The van der Waals surface area contributed by atoms with Crippen molar-refractivity contribution >= 4 is 5.91 Å². The minimum Gasteiger partial charge on any atom is -0.481 e. The Balaban J connectivity index is 2.57. The van der Waals surface area contributed by atoms with Crippen molar-refractivity contribution in [2.75, 3.05) is 0 Å². The second-order valence-electron chi connectivity index (χ2n) is 4.67.